The molecule has 39 heavy (non-hydrogen) atoms. The number of likely N-dealkylation sites (tertiary alicyclic amines) is 1. The van der Waals surface area contributed by atoms with Crippen LogP contribution >= 0.6 is 11.6 Å². The molecule has 1 aromatic rings. The van der Waals surface area contributed by atoms with Crippen LogP contribution in [0.2, 0.25) is 5.02 Å². The highest BCUT2D eigenvalue weighted by atomic mass is 35.5. The summed E-state index contributed by atoms with van der Waals surface area (Å²) in [4.78, 5) is 77.9. The molecule has 0 unspecified atom stereocenters. The average molecular weight is 564 g/mol. The summed E-state index contributed by atoms with van der Waals surface area (Å²) in [7, 11) is 0. The Balaban J connectivity index is 1.54. The van der Waals surface area contributed by atoms with E-state index in [1.54, 1.807) is 31.2 Å². The Morgan fingerprint density at radius 3 is 2.59 bits per heavy atom. The van der Waals surface area contributed by atoms with Crippen molar-refractivity contribution in [3.63, 3.8) is 0 Å². The molecule has 2 saturated heterocycles. The van der Waals surface area contributed by atoms with Crippen LogP contribution in [-0.2, 0) is 23.9 Å². The third kappa shape index (κ3) is 6.59. The van der Waals surface area contributed by atoms with E-state index in [1.165, 1.54) is 4.90 Å². The molecule has 2 aliphatic heterocycles. The Hall–Kier alpha value is -3.87. The van der Waals surface area contributed by atoms with Crippen molar-refractivity contribution in [1.29, 1.82) is 0 Å². The Bertz CT molecular complexity index is 1190. The number of nitrogens with one attached hydrogen (secondary N) is 3. The molecule has 3 atom stereocenters. The Labute approximate surface area is 229 Å². The predicted molar refractivity (Wildman–Crippen MR) is 137 cm³/mol. The number of hydrogen-bond acceptors (Lipinski definition) is 7. The standard InChI is InChI=1S/C25H30ClN5O8/c1-2-4-17(20(33)22(35)28-15-7-8-15)29-21(34)18-10-25(13-31(18)19(32)11-27-23(36)37)12-30(24(38)39-25)16-6-3-5-14(26)9-16/h3,5-6,9,15,17-18,27H,2,4,7-8,10-13H2,1H3,(H,28,35)(H,29,34)(H,36,37)/t17-,18-,25+/m0/s1. The fourth-order valence-electron chi connectivity index (χ4n) is 4.82. The van der Waals surface area contributed by atoms with E-state index in [1.807, 2.05) is 5.32 Å². The van der Waals surface area contributed by atoms with Gasteiger partial charge in [0.05, 0.1) is 19.1 Å². The molecule has 4 N–H and O–H groups in total. The third-order valence-corrected chi connectivity index (χ3v) is 7.09. The Morgan fingerprint density at radius 2 is 1.95 bits per heavy atom. The molecule has 3 fully saturated rings. The number of carbonyl (C=O) groups excluding carboxylic acids is 5. The first kappa shape index (κ1) is 28.1. The van der Waals surface area contributed by atoms with Crippen LogP contribution in [0.25, 0.3) is 0 Å². The lowest BCUT2D eigenvalue weighted by Gasteiger charge is -2.25. The molecule has 0 aromatic heterocycles. The molecule has 4 rings (SSSR count). The second-order valence-electron chi connectivity index (χ2n) is 9.98. The van der Waals surface area contributed by atoms with E-state index in [9.17, 15) is 28.8 Å². The number of benzene rings is 1. The van der Waals surface area contributed by atoms with Crippen molar-refractivity contribution in [3.8, 4) is 0 Å². The normalized spacial score (nSPS) is 22.8. The minimum absolute atomic E-state index is 0.00715. The Morgan fingerprint density at radius 1 is 1.21 bits per heavy atom. The van der Waals surface area contributed by atoms with Crippen LogP contribution in [0.5, 0.6) is 0 Å². The molecule has 0 bridgehead atoms. The number of Topliss-reactive ketones (excluding diaryl/α,β-unsaturated/α-hetero) is 1. The molecule has 210 valence electrons. The maximum absolute atomic E-state index is 13.5. The molecule has 13 nitrogen and oxygen atoms in total. The lowest BCUT2D eigenvalue weighted by molar-refractivity contribution is -0.142. The minimum atomic E-state index is -1.42. The van der Waals surface area contributed by atoms with Gasteiger partial charge in [0.2, 0.25) is 17.6 Å². The van der Waals surface area contributed by atoms with Gasteiger partial charge in [-0.15, -0.1) is 0 Å². The minimum Gasteiger partial charge on any atom is -0.465 e. The predicted octanol–water partition coefficient (Wildman–Crippen LogP) is 1.04. The summed E-state index contributed by atoms with van der Waals surface area (Å²) >= 11 is 6.07. The number of anilines is 1. The molecule has 1 aliphatic carbocycles. The second-order valence-corrected chi connectivity index (χ2v) is 10.4. The Kier molecular flexibility index (Phi) is 8.28. The number of carbonyl (C=O) groups is 6. The van der Waals surface area contributed by atoms with E-state index >= 15 is 0 Å². The fraction of sp³-hybridized carbons (Fsp3) is 0.520. The first-order valence-electron chi connectivity index (χ1n) is 12.7. The van der Waals surface area contributed by atoms with Crippen molar-refractivity contribution in [3.05, 3.63) is 29.3 Å². The van der Waals surface area contributed by atoms with Gasteiger partial charge in [-0.05, 0) is 37.5 Å². The van der Waals surface area contributed by atoms with Crippen LogP contribution in [0.4, 0.5) is 15.3 Å². The number of amides is 5. The fourth-order valence-corrected chi connectivity index (χ4v) is 5.00. The van der Waals surface area contributed by atoms with Crippen molar-refractivity contribution in [1.82, 2.24) is 20.9 Å². The summed E-state index contributed by atoms with van der Waals surface area (Å²) in [6.07, 6.45) is 0.0761. The van der Waals surface area contributed by atoms with Gasteiger partial charge in [-0.25, -0.2) is 9.59 Å². The maximum atomic E-state index is 13.5. The number of hydrogen-bond donors (Lipinski definition) is 4. The molecular formula is C25H30ClN5O8. The van der Waals surface area contributed by atoms with E-state index in [-0.39, 0.29) is 32.0 Å². The third-order valence-electron chi connectivity index (χ3n) is 6.85. The van der Waals surface area contributed by atoms with Gasteiger partial charge in [-0.1, -0.05) is 31.0 Å². The van der Waals surface area contributed by atoms with Gasteiger partial charge in [-0.3, -0.25) is 24.1 Å². The highest BCUT2D eigenvalue weighted by Gasteiger charge is 2.56. The molecule has 1 aromatic carbocycles. The van der Waals surface area contributed by atoms with Crippen LogP contribution < -0.4 is 20.9 Å². The summed E-state index contributed by atoms with van der Waals surface area (Å²) in [5.41, 5.74) is -0.800. The molecular weight excluding hydrogens is 534 g/mol. The van der Waals surface area contributed by atoms with Crippen LogP contribution in [0.15, 0.2) is 24.3 Å². The summed E-state index contributed by atoms with van der Waals surface area (Å²) in [6.45, 7) is 1.02. The van der Waals surface area contributed by atoms with Crippen LogP contribution in [0, 0.1) is 0 Å². The zero-order valence-corrected chi connectivity index (χ0v) is 22.0. The largest absolute Gasteiger partial charge is 0.465 e. The van der Waals surface area contributed by atoms with E-state index in [4.69, 9.17) is 21.4 Å². The molecule has 1 spiro atoms. The topological polar surface area (TPSA) is 174 Å². The monoisotopic (exact) mass is 563 g/mol. The first-order chi connectivity index (χ1) is 18.5. The number of ketones is 1. The lowest BCUT2D eigenvalue weighted by Crippen LogP contribution is -2.54. The van der Waals surface area contributed by atoms with Crippen LogP contribution in [-0.4, -0.2) is 89.1 Å². The lowest BCUT2D eigenvalue weighted by atomic mass is 9.99. The number of nitrogens with zero attached hydrogens (tertiary/aromatic N) is 2. The van der Waals surface area contributed by atoms with Gasteiger partial charge in [0.15, 0.2) is 5.60 Å². The van der Waals surface area contributed by atoms with Gasteiger partial charge in [0.1, 0.15) is 12.6 Å². The molecule has 0 radical (unpaired) electrons. The molecule has 1 saturated carbocycles. The summed E-state index contributed by atoms with van der Waals surface area (Å²) in [5.74, 6) is -2.98. The second kappa shape index (κ2) is 11.5. The highest BCUT2D eigenvalue weighted by molar-refractivity contribution is 6.38. The molecule has 5 amide bonds. The molecule has 3 aliphatic rings. The number of halogens is 1. The number of ether oxygens (including phenoxy) is 1. The zero-order chi connectivity index (χ0) is 28.3. The number of rotatable bonds is 10. The van der Waals surface area contributed by atoms with E-state index in [0.29, 0.717) is 17.1 Å². The quantitative estimate of drug-likeness (QED) is 0.305. The van der Waals surface area contributed by atoms with Crippen LogP contribution in [0.1, 0.15) is 39.0 Å². The van der Waals surface area contributed by atoms with Crippen molar-refractivity contribution in [2.24, 2.45) is 0 Å². The maximum Gasteiger partial charge on any atom is 0.415 e. The van der Waals surface area contributed by atoms with Gasteiger partial charge in [0, 0.05) is 23.2 Å². The first-order valence-corrected chi connectivity index (χ1v) is 13.1. The zero-order valence-electron chi connectivity index (χ0n) is 21.3. The number of carboxylic acid groups (broad SMARTS) is 1. The smallest absolute Gasteiger partial charge is 0.415 e. The molecule has 2 heterocycles. The highest BCUT2D eigenvalue weighted by Crippen LogP contribution is 2.38. The van der Waals surface area contributed by atoms with Gasteiger partial charge >= 0.3 is 12.2 Å². The van der Waals surface area contributed by atoms with E-state index in [2.05, 4.69) is 10.6 Å². The van der Waals surface area contributed by atoms with Crippen molar-refractivity contribution < 1.29 is 38.6 Å². The van der Waals surface area contributed by atoms with E-state index in [0.717, 1.165) is 17.7 Å². The summed E-state index contributed by atoms with van der Waals surface area (Å²) < 4.78 is 5.69. The summed E-state index contributed by atoms with van der Waals surface area (Å²) in [5, 5.41) is 16.5. The molecule has 14 heteroatoms. The van der Waals surface area contributed by atoms with Gasteiger partial charge < -0.3 is 30.7 Å². The van der Waals surface area contributed by atoms with E-state index < -0.39 is 59.9 Å². The van der Waals surface area contributed by atoms with Crippen molar-refractivity contribution in [2.75, 3.05) is 24.5 Å². The average Bonchev–Trinajstić information content (AvgIpc) is 3.53. The van der Waals surface area contributed by atoms with Crippen molar-refractivity contribution >= 4 is 53.0 Å². The van der Waals surface area contributed by atoms with Gasteiger partial charge in [-0.2, -0.15) is 0 Å². The summed E-state index contributed by atoms with van der Waals surface area (Å²) in [6, 6.07) is 4.22. The van der Waals surface area contributed by atoms with Crippen molar-refractivity contribution in [2.45, 2.75) is 62.8 Å². The van der Waals surface area contributed by atoms with Crippen LogP contribution in [0.3, 0.4) is 0 Å². The SMILES string of the molecule is CCC[C@H](NC(=O)[C@@H]1C[C@@]2(CN(c3cccc(Cl)c3)C(=O)O2)CN1C(=O)CNC(=O)O)C(=O)C(=O)NC1CC1. The van der Waals surface area contributed by atoms with Gasteiger partial charge in [0.25, 0.3) is 5.91 Å².